The predicted molar refractivity (Wildman–Crippen MR) is 78.0 cm³/mol. The van der Waals surface area contributed by atoms with E-state index in [4.69, 9.17) is 0 Å². The zero-order chi connectivity index (χ0) is 13.2. The van der Waals surface area contributed by atoms with Crippen LogP contribution in [-0.2, 0) is 0 Å². The Morgan fingerprint density at radius 3 is 2.68 bits per heavy atom. The fourth-order valence-electron chi connectivity index (χ4n) is 3.55. The first-order valence-corrected chi connectivity index (χ1v) is 7.97. The van der Waals surface area contributed by atoms with E-state index in [0.29, 0.717) is 11.6 Å². The number of halogens is 1. The van der Waals surface area contributed by atoms with Gasteiger partial charge >= 0.3 is 0 Å². The van der Waals surface area contributed by atoms with Crippen molar-refractivity contribution in [2.24, 2.45) is 5.92 Å². The molecule has 2 aliphatic rings. The maximum atomic E-state index is 12.6. The van der Waals surface area contributed by atoms with Crippen molar-refractivity contribution in [3.63, 3.8) is 0 Å². The summed E-state index contributed by atoms with van der Waals surface area (Å²) in [6.45, 7) is 0.913. The van der Waals surface area contributed by atoms with E-state index in [-0.39, 0.29) is 5.91 Å². The first-order valence-electron chi connectivity index (χ1n) is 7.18. The maximum Gasteiger partial charge on any atom is 0.255 e. The van der Waals surface area contributed by atoms with Crippen molar-refractivity contribution in [2.45, 2.75) is 44.6 Å². The van der Waals surface area contributed by atoms with E-state index >= 15 is 0 Å². The number of hydrogen-bond acceptors (Lipinski definition) is 2. The number of rotatable bonds is 2. The van der Waals surface area contributed by atoms with Gasteiger partial charge in [-0.25, -0.2) is 4.98 Å². The van der Waals surface area contributed by atoms with E-state index in [1.807, 2.05) is 12.1 Å². The molecule has 2 fully saturated rings. The summed E-state index contributed by atoms with van der Waals surface area (Å²) < 4.78 is 0.776. The van der Waals surface area contributed by atoms with Crippen LogP contribution in [0.5, 0.6) is 0 Å². The highest BCUT2D eigenvalue weighted by Gasteiger charge is 2.36. The van der Waals surface area contributed by atoms with E-state index in [1.54, 1.807) is 6.20 Å². The zero-order valence-corrected chi connectivity index (χ0v) is 12.6. The Morgan fingerprint density at radius 1 is 1.21 bits per heavy atom. The highest BCUT2D eigenvalue weighted by molar-refractivity contribution is 9.10. The Balaban J connectivity index is 1.76. The Hall–Kier alpha value is -0.900. The van der Waals surface area contributed by atoms with Gasteiger partial charge in [-0.2, -0.15) is 0 Å². The van der Waals surface area contributed by atoms with Crippen LogP contribution in [0.4, 0.5) is 0 Å². The molecular weight excluding hydrogens is 304 g/mol. The van der Waals surface area contributed by atoms with Gasteiger partial charge in [0.2, 0.25) is 0 Å². The summed E-state index contributed by atoms with van der Waals surface area (Å²) in [5, 5.41) is 0. The van der Waals surface area contributed by atoms with Gasteiger partial charge in [0, 0.05) is 18.8 Å². The average molecular weight is 323 g/mol. The molecule has 0 bridgehead atoms. The smallest absolute Gasteiger partial charge is 0.255 e. The highest BCUT2D eigenvalue weighted by atomic mass is 79.9. The number of carbonyl (C=O) groups is 1. The predicted octanol–water partition coefficient (Wildman–Crippen LogP) is 3.64. The van der Waals surface area contributed by atoms with Gasteiger partial charge in [0.15, 0.2) is 0 Å². The number of aromatic nitrogens is 1. The summed E-state index contributed by atoms with van der Waals surface area (Å²) in [6.07, 6.45) is 9.28. The van der Waals surface area contributed by atoms with Crippen LogP contribution in [0.1, 0.15) is 48.9 Å². The maximum absolute atomic E-state index is 12.6. The molecule has 1 aliphatic heterocycles. The van der Waals surface area contributed by atoms with Gasteiger partial charge in [-0.1, -0.05) is 12.8 Å². The molecule has 1 saturated heterocycles. The molecule has 1 aromatic heterocycles. The molecule has 102 valence electrons. The normalized spacial score (nSPS) is 24.1. The number of pyridine rings is 1. The Morgan fingerprint density at radius 2 is 2.00 bits per heavy atom. The molecule has 3 nitrogen and oxygen atoms in total. The molecule has 0 spiro atoms. The summed E-state index contributed by atoms with van der Waals surface area (Å²) in [5.74, 6) is 0.893. The van der Waals surface area contributed by atoms with Crippen LogP contribution in [0, 0.1) is 5.92 Å². The quantitative estimate of drug-likeness (QED) is 0.779. The molecule has 1 aromatic rings. The van der Waals surface area contributed by atoms with Crippen molar-refractivity contribution >= 4 is 21.8 Å². The van der Waals surface area contributed by atoms with Gasteiger partial charge < -0.3 is 4.90 Å². The lowest BCUT2D eigenvalue weighted by molar-refractivity contribution is 0.0688. The topological polar surface area (TPSA) is 33.2 Å². The fourth-order valence-corrected chi connectivity index (χ4v) is 3.78. The van der Waals surface area contributed by atoms with Crippen LogP contribution < -0.4 is 0 Å². The molecule has 0 radical (unpaired) electrons. The summed E-state index contributed by atoms with van der Waals surface area (Å²) in [5.41, 5.74) is 0.716. The SMILES string of the molecule is O=C(c1ccc(Br)nc1)N1CCCC1C1CCCC1. The van der Waals surface area contributed by atoms with Gasteiger partial charge in [-0.3, -0.25) is 4.79 Å². The average Bonchev–Trinajstić information content (AvgIpc) is 3.09. The van der Waals surface area contributed by atoms with Crippen LogP contribution in [-0.4, -0.2) is 28.4 Å². The lowest BCUT2D eigenvalue weighted by atomic mass is 9.96. The summed E-state index contributed by atoms with van der Waals surface area (Å²) in [7, 11) is 0. The first kappa shape index (κ1) is 13.1. The Bertz CT molecular complexity index is 454. The molecule has 4 heteroatoms. The van der Waals surface area contributed by atoms with Crippen LogP contribution in [0.15, 0.2) is 22.9 Å². The first-order chi connectivity index (χ1) is 9.25. The third-order valence-corrected chi connectivity index (χ3v) is 4.95. The van der Waals surface area contributed by atoms with Crippen LogP contribution >= 0.6 is 15.9 Å². The largest absolute Gasteiger partial charge is 0.335 e. The number of hydrogen-bond donors (Lipinski definition) is 0. The van der Waals surface area contributed by atoms with Gasteiger partial charge in [-0.15, -0.1) is 0 Å². The van der Waals surface area contributed by atoms with Crippen molar-refractivity contribution in [1.82, 2.24) is 9.88 Å². The summed E-state index contributed by atoms with van der Waals surface area (Å²) in [6, 6.07) is 4.18. The van der Waals surface area contributed by atoms with E-state index < -0.39 is 0 Å². The second-order valence-corrected chi connectivity index (χ2v) is 6.43. The Kier molecular flexibility index (Phi) is 3.87. The van der Waals surface area contributed by atoms with Gasteiger partial charge in [-0.05, 0) is 59.7 Å². The molecule has 0 N–H and O–H groups in total. The van der Waals surface area contributed by atoms with Crippen molar-refractivity contribution in [3.05, 3.63) is 28.5 Å². The van der Waals surface area contributed by atoms with E-state index in [0.717, 1.165) is 23.5 Å². The second-order valence-electron chi connectivity index (χ2n) is 5.62. The lowest BCUT2D eigenvalue weighted by Crippen LogP contribution is -2.39. The third-order valence-electron chi connectivity index (χ3n) is 4.48. The highest BCUT2D eigenvalue weighted by Crippen LogP contribution is 2.36. The monoisotopic (exact) mass is 322 g/mol. The molecule has 1 saturated carbocycles. The van der Waals surface area contributed by atoms with E-state index in [9.17, 15) is 4.79 Å². The van der Waals surface area contributed by atoms with E-state index in [1.165, 1.54) is 32.1 Å². The minimum absolute atomic E-state index is 0.161. The molecule has 3 rings (SSSR count). The Labute approximate surface area is 122 Å². The summed E-state index contributed by atoms with van der Waals surface area (Å²) >= 11 is 3.31. The van der Waals surface area contributed by atoms with Crippen LogP contribution in [0.25, 0.3) is 0 Å². The van der Waals surface area contributed by atoms with Gasteiger partial charge in [0.25, 0.3) is 5.91 Å². The zero-order valence-electron chi connectivity index (χ0n) is 11.0. The molecular formula is C15H19BrN2O. The van der Waals surface area contributed by atoms with Crippen molar-refractivity contribution in [1.29, 1.82) is 0 Å². The van der Waals surface area contributed by atoms with Gasteiger partial charge in [0.05, 0.1) is 5.56 Å². The fraction of sp³-hybridized carbons (Fsp3) is 0.600. The van der Waals surface area contributed by atoms with Crippen molar-refractivity contribution in [2.75, 3.05) is 6.54 Å². The van der Waals surface area contributed by atoms with Crippen LogP contribution in [0.3, 0.4) is 0 Å². The standard InChI is InChI=1S/C15H19BrN2O/c16-14-8-7-12(10-17-14)15(19)18-9-3-6-13(18)11-4-1-2-5-11/h7-8,10-11,13H,1-6,9H2. The third kappa shape index (κ3) is 2.69. The molecule has 1 atom stereocenters. The second kappa shape index (κ2) is 5.61. The molecule has 1 unspecified atom stereocenters. The number of likely N-dealkylation sites (tertiary alicyclic amines) is 1. The van der Waals surface area contributed by atoms with Crippen LogP contribution in [0.2, 0.25) is 0 Å². The van der Waals surface area contributed by atoms with Crippen molar-refractivity contribution < 1.29 is 4.79 Å². The van der Waals surface area contributed by atoms with Gasteiger partial charge in [0.1, 0.15) is 4.60 Å². The number of amides is 1. The minimum Gasteiger partial charge on any atom is -0.335 e. The number of carbonyl (C=O) groups excluding carboxylic acids is 1. The molecule has 1 amide bonds. The molecule has 19 heavy (non-hydrogen) atoms. The van der Waals surface area contributed by atoms with Crippen molar-refractivity contribution in [3.8, 4) is 0 Å². The number of nitrogens with zero attached hydrogens (tertiary/aromatic N) is 2. The molecule has 2 heterocycles. The minimum atomic E-state index is 0.161. The summed E-state index contributed by atoms with van der Waals surface area (Å²) in [4.78, 5) is 18.9. The molecule has 1 aliphatic carbocycles. The lowest BCUT2D eigenvalue weighted by Gasteiger charge is -2.29. The van der Waals surface area contributed by atoms with E-state index in [2.05, 4.69) is 25.8 Å². The molecule has 0 aromatic carbocycles.